The topological polar surface area (TPSA) is 46.9 Å². The molecule has 1 amide bonds. The van der Waals surface area contributed by atoms with Crippen LogP contribution in [0.3, 0.4) is 0 Å². The van der Waals surface area contributed by atoms with E-state index in [0.29, 0.717) is 6.54 Å². The second-order valence-corrected chi connectivity index (χ2v) is 5.21. The number of benzene rings is 1. The normalized spacial score (nSPS) is 10.6. The number of hydrogen-bond acceptors (Lipinski definition) is 2. The molecule has 1 N–H and O–H groups in total. The fourth-order valence-corrected chi connectivity index (χ4v) is 2.11. The second kappa shape index (κ2) is 6.37. The van der Waals surface area contributed by atoms with Crippen LogP contribution in [0.1, 0.15) is 33.5 Å². The fraction of sp³-hybridized carbons (Fsp3) is 0.375. The molecule has 1 aromatic heterocycles. The van der Waals surface area contributed by atoms with Crippen LogP contribution in [0.5, 0.6) is 0 Å². The summed E-state index contributed by atoms with van der Waals surface area (Å²) < 4.78 is 1.90. The number of aromatic nitrogens is 2. The second-order valence-electron chi connectivity index (χ2n) is 5.21. The highest BCUT2D eigenvalue weighted by Gasteiger charge is 2.08. The minimum atomic E-state index is 0.00264. The number of carbonyl (C=O) groups is 1. The van der Waals surface area contributed by atoms with E-state index in [1.54, 1.807) is 0 Å². The minimum absolute atomic E-state index is 0.00264. The predicted octanol–water partition coefficient (Wildman–Crippen LogP) is 2.63. The smallest absolute Gasteiger partial charge is 0.251 e. The van der Waals surface area contributed by atoms with Crippen molar-refractivity contribution in [1.82, 2.24) is 15.1 Å². The Bertz CT molecular complexity index is 602. The molecule has 106 valence electrons. The van der Waals surface area contributed by atoms with Crippen LogP contribution in [0.2, 0.25) is 0 Å². The van der Waals surface area contributed by atoms with Crippen LogP contribution >= 0.6 is 0 Å². The van der Waals surface area contributed by atoms with Crippen LogP contribution in [0.15, 0.2) is 30.6 Å². The average Bonchev–Trinajstić information content (AvgIpc) is 2.83. The zero-order chi connectivity index (χ0) is 14.5. The molecule has 0 unspecified atom stereocenters. The van der Waals surface area contributed by atoms with Crippen molar-refractivity contribution in [2.24, 2.45) is 0 Å². The molecule has 0 aliphatic heterocycles. The molecule has 2 aromatic rings. The first-order valence-electron chi connectivity index (χ1n) is 6.91. The van der Waals surface area contributed by atoms with Crippen molar-refractivity contribution < 1.29 is 4.79 Å². The van der Waals surface area contributed by atoms with Crippen LogP contribution in [0.25, 0.3) is 0 Å². The summed E-state index contributed by atoms with van der Waals surface area (Å²) in [5.74, 6) is 0.00264. The van der Waals surface area contributed by atoms with Crippen LogP contribution in [-0.2, 0) is 6.54 Å². The third-order valence-corrected chi connectivity index (χ3v) is 3.25. The summed E-state index contributed by atoms with van der Waals surface area (Å²) in [6, 6.07) is 5.93. The van der Waals surface area contributed by atoms with Crippen LogP contribution in [0, 0.1) is 20.8 Å². The lowest BCUT2D eigenvalue weighted by atomic mass is 10.1. The molecule has 20 heavy (non-hydrogen) atoms. The summed E-state index contributed by atoms with van der Waals surface area (Å²) in [6.45, 7) is 7.45. The van der Waals surface area contributed by atoms with Gasteiger partial charge in [0, 0.05) is 24.8 Å². The van der Waals surface area contributed by atoms with Gasteiger partial charge in [-0.3, -0.25) is 9.48 Å². The van der Waals surface area contributed by atoms with Gasteiger partial charge in [-0.05, 0) is 44.4 Å². The van der Waals surface area contributed by atoms with Crippen molar-refractivity contribution in [3.8, 4) is 0 Å². The molecule has 0 saturated carbocycles. The maximum absolute atomic E-state index is 12.1. The predicted molar refractivity (Wildman–Crippen MR) is 79.8 cm³/mol. The molecule has 0 atom stereocenters. The van der Waals surface area contributed by atoms with Gasteiger partial charge < -0.3 is 5.32 Å². The molecule has 1 heterocycles. The van der Waals surface area contributed by atoms with E-state index in [0.717, 1.165) is 35.2 Å². The molecule has 0 aliphatic carbocycles. The first-order valence-corrected chi connectivity index (χ1v) is 6.91. The highest BCUT2D eigenvalue weighted by Crippen LogP contribution is 2.10. The first-order chi connectivity index (χ1) is 9.56. The summed E-state index contributed by atoms with van der Waals surface area (Å²) in [4.78, 5) is 12.1. The molecular weight excluding hydrogens is 250 g/mol. The molecule has 0 radical (unpaired) electrons. The van der Waals surface area contributed by atoms with Crippen LogP contribution in [0.4, 0.5) is 0 Å². The monoisotopic (exact) mass is 271 g/mol. The molecule has 2 rings (SSSR count). The Morgan fingerprint density at radius 2 is 2.05 bits per heavy atom. The van der Waals surface area contributed by atoms with Gasteiger partial charge in [0.2, 0.25) is 0 Å². The molecule has 0 aliphatic rings. The maximum atomic E-state index is 12.1. The molecule has 4 heteroatoms. The van der Waals surface area contributed by atoms with E-state index >= 15 is 0 Å². The lowest BCUT2D eigenvalue weighted by Crippen LogP contribution is -2.26. The number of rotatable bonds is 5. The largest absolute Gasteiger partial charge is 0.352 e. The quantitative estimate of drug-likeness (QED) is 0.850. The van der Waals surface area contributed by atoms with Crippen molar-refractivity contribution >= 4 is 5.91 Å². The molecule has 4 nitrogen and oxygen atoms in total. The van der Waals surface area contributed by atoms with Gasteiger partial charge in [-0.25, -0.2) is 0 Å². The van der Waals surface area contributed by atoms with Gasteiger partial charge in [0.05, 0.1) is 6.20 Å². The van der Waals surface area contributed by atoms with E-state index in [1.807, 2.05) is 56.0 Å². The Morgan fingerprint density at radius 1 is 1.25 bits per heavy atom. The lowest BCUT2D eigenvalue weighted by molar-refractivity contribution is 0.0952. The average molecular weight is 271 g/mol. The number of nitrogens with zero attached hydrogens (tertiary/aromatic N) is 2. The molecule has 0 fully saturated rings. The zero-order valence-electron chi connectivity index (χ0n) is 12.3. The van der Waals surface area contributed by atoms with Crippen molar-refractivity contribution in [2.75, 3.05) is 6.54 Å². The Morgan fingerprint density at radius 3 is 2.75 bits per heavy atom. The van der Waals surface area contributed by atoms with Crippen molar-refractivity contribution in [1.29, 1.82) is 0 Å². The van der Waals surface area contributed by atoms with E-state index in [4.69, 9.17) is 0 Å². The highest BCUT2D eigenvalue weighted by molar-refractivity contribution is 5.95. The Kier molecular flexibility index (Phi) is 4.56. The van der Waals surface area contributed by atoms with E-state index < -0.39 is 0 Å². The number of hydrogen-bond donors (Lipinski definition) is 1. The van der Waals surface area contributed by atoms with Gasteiger partial charge in [0.1, 0.15) is 0 Å². The third-order valence-electron chi connectivity index (χ3n) is 3.25. The van der Waals surface area contributed by atoms with Crippen LogP contribution in [-0.4, -0.2) is 22.2 Å². The number of nitrogens with one attached hydrogen (secondary N) is 1. The van der Waals surface area contributed by atoms with Crippen molar-refractivity contribution in [3.05, 3.63) is 52.8 Å². The Balaban J connectivity index is 1.82. The summed E-state index contributed by atoms with van der Waals surface area (Å²) in [5.41, 5.74) is 4.04. The van der Waals surface area contributed by atoms with Crippen molar-refractivity contribution in [3.63, 3.8) is 0 Å². The Labute approximate surface area is 119 Å². The van der Waals surface area contributed by atoms with Gasteiger partial charge in [0.25, 0.3) is 5.91 Å². The summed E-state index contributed by atoms with van der Waals surface area (Å²) in [5, 5.41) is 7.18. The summed E-state index contributed by atoms with van der Waals surface area (Å²) >= 11 is 0. The number of amides is 1. The van der Waals surface area contributed by atoms with Crippen LogP contribution < -0.4 is 5.32 Å². The van der Waals surface area contributed by atoms with Gasteiger partial charge in [-0.15, -0.1) is 0 Å². The molecule has 0 spiro atoms. The maximum Gasteiger partial charge on any atom is 0.251 e. The third kappa shape index (κ3) is 3.70. The van der Waals surface area contributed by atoms with E-state index in [2.05, 4.69) is 10.4 Å². The molecular formula is C16H21N3O. The molecule has 1 aromatic carbocycles. The van der Waals surface area contributed by atoms with Gasteiger partial charge in [-0.1, -0.05) is 17.7 Å². The SMILES string of the molecule is Cc1ccc(C)c(C(=O)NCCCn2cc(C)cn2)c1. The fourth-order valence-electron chi connectivity index (χ4n) is 2.11. The summed E-state index contributed by atoms with van der Waals surface area (Å²) in [6.07, 6.45) is 4.72. The van der Waals surface area contributed by atoms with E-state index in [-0.39, 0.29) is 5.91 Å². The van der Waals surface area contributed by atoms with Gasteiger partial charge >= 0.3 is 0 Å². The Hall–Kier alpha value is -2.10. The zero-order valence-corrected chi connectivity index (χ0v) is 12.3. The number of carbonyl (C=O) groups excluding carboxylic acids is 1. The van der Waals surface area contributed by atoms with E-state index in [9.17, 15) is 4.79 Å². The number of aryl methyl sites for hydroxylation is 4. The first kappa shape index (κ1) is 14.3. The summed E-state index contributed by atoms with van der Waals surface area (Å²) in [7, 11) is 0. The molecule has 0 saturated heterocycles. The molecule has 0 bridgehead atoms. The van der Waals surface area contributed by atoms with Crippen molar-refractivity contribution in [2.45, 2.75) is 33.7 Å². The highest BCUT2D eigenvalue weighted by atomic mass is 16.1. The van der Waals surface area contributed by atoms with Gasteiger partial charge in [-0.2, -0.15) is 5.10 Å². The van der Waals surface area contributed by atoms with Gasteiger partial charge in [0.15, 0.2) is 0 Å². The minimum Gasteiger partial charge on any atom is -0.352 e. The van der Waals surface area contributed by atoms with E-state index in [1.165, 1.54) is 0 Å². The lowest BCUT2D eigenvalue weighted by Gasteiger charge is -2.08. The standard InChI is InChI=1S/C16H21N3O/c1-12-5-6-14(3)15(9-12)16(20)17-7-4-8-19-11-13(2)10-18-19/h5-6,9-11H,4,7-8H2,1-3H3,(H,17,20).